The van der Waals surface area contributed by atoms with Gasteiger partial charge in [-0.15, -0.1) is 0 Å². The Morgan fingerprint density at radius 3 is 2.85 bits per heavy atom. The predicted octanol–water partition coefficient (Wildman–Crippen LogP) is 1.73. The van der Waals surface area contributed by atoms with Gasteiger partial charge in [-0.1, -0.05) is 11.3 Å². The third-order valence-corrected chi connectivity index (χ3v) is 2.99. The van der Waals surface area contributed by atoms with Crippen molar-refractivity contribution in [3.8, 4) is 5.19 Å². The number of hydrogen-bond acceptors (Lipinski definition) is 4. The van der Waals surface area contributed by atoms with Crippen molar-refractivity contribution in [2.75, 3.05) is 7.11 Å². The molecule has 0 radical (unpaired) electrons. The van der Waals surface area contributed by atoms with E-state index >= 15 is 0 Å². The highest BCUT2D eigenvalue weighted by atomic mass is 32.1. The zero-order valence-electron chi connectivity index (χ0n) is 7.11. The van der Waals surface area contributed by atoms with E-state index in [9.17, 15) is 4.79 Å². The number of hydrogen-bond donors (Lipinski definition) is 1. The molecule has 1 aromatic heterocycles. The Hall–Kier alpha value is -1.10. The van der Waals surface area contributed by atoms with Gasteiger partial charge in [-0.2, -0.15) is 0 Å². The van der Waals surface area contributed by atoms with Crippen LogP contribution in [0, 0.1) is 0 Å². The van der Waals surface area contributed by atoms with Gasteiger partial charge in [0.2, 0.25) is 0 Å². The van der Waals surface area contributed by atoms with E-state index in [1.165, 1.54) is 7.11 Å². The summed E-state index contributed by atoms with van der Waals surface area (Å²) in [5.74, 6) is -0.547. The molecule has 0 saturated heterocycles. The zero-order valence-corrected chi connectivity index (χ0v) is 7.93. The van der Waals surface area contributed by atoms with Gasteiger partial charge in [-0.3, -0.25) is 0 Å². The number of carboxylic acids is 1. The molecule has 0 atom stereocenters. The minimum atomic E-state index is -0.900. The molecule has 4 nitrogen and oxygen atoms in total. The van der Waals surface area contributed by atoms with Crippen LogP contribution in [0.1, 0.15) is 34.1 Å². The molecule has 0 spiro atoms. The fraction of sp³-hybridized carbons (Fsp3) is 0.500. The van der Waals surface area contributed by atoms with Crippen molar-refractivity contribution in [3.05, 3.63) is 10.6 Å². The van der Waals surface area contributed by atoms with Crippen LogP contribution in [-0.4, -0.2) is 23.2 Å². The zero-order chi connectivity index (χ0) is 9.42. The van der Waals surface area contributed by atoms with Crippen LogP contribution in [0.5, 0.6) is 5.19 Å². The van der Waals surface area contributed by atoms with Crippen molar-refractivity contribution < 1.29 is 14.6 Å². The second-order valence-corrected chi connectivity index (χ2v) is 3.94. The maximum Gasteiger partial charge on any atom is 0.347 e. The van der Waals surface area contributed by atoms with Crippen LogP contribution in [0.2, 0.25) is 0 Å². The molecular weight excluding hydrogens is 190 g/mol. The molecule has 0 unspecified atom stereocenters. The van der Waals surface area contributed by atoms with Crippen LogP contribution in [0.3, 0.4) is 0 Å². The number of ether oxygens (including phenoxy) is 1. The summed E-state index contributed by atoms with van der Waals surface area (Å²) in [5, 5.41) is 9.31. The maximum absolute atomic E-state index is 10.8. The number of aromatic nitrogens is 1. The highest BCUT2D eigenvalue weighted by molar-refractivity contribution is 7.15. The first-order valence-electron chi connectivity index (χ1n) is 4.00. The van der Waals surface area contributed by atoms with Crippen LogP contribution in [0.15, 0.2) is 0 Å². The minimum absolute atomic E-state index is 0.333. The molecule has 0 bridgehead atoms. The van der Waals surface area contributed by atoms with Crippen LogP contribution >= 0.6 is 11.3 Å². The molecule has 5 heteroatoms. The quantitative estimate of drug-likeness (QED) is 0.805. The van der Waals surface area contributed by atoms with Gasteiger partial charge in [0.25, 0.3) is 5.19 Å². The van der Waals surface area contributed by atoms with Gasteiger partial charge in [0, 0.05) is 5.92 Å². The third kappa shape index (κ3) is 1.51. The second kappa shape index (κ2) is 2.99. The average molecular weight is 199 g/mol. The largest absolute Gasteiger partial charge is 0.477 e. The highest BCUT2D eigenvalue weighted by Crippen LogP contribution is 2.43. The molecule has 0 aromatic carbocycles. The molecule has 1 fully saturated rings. The van der Waals surface area contributed by atoms with Crippen LogP contribution in [-0.2, 0) is 0 Å². The lowest BCUT2D eigenvalue weighted by molar-refractivity contribution is 0.0700. The molecule has 1 saturated carbocycles. The summed E-state index contributed by atoms with van der Waals surface area (Å²) in [6, 6.07) is 0. The predicted molar refractivity (Wildman–Crippen MR) is 47.6 cm³/mol. The highest BCUT2D eigenvalue weighted by Gasteiger charge is 2.32. The molecule has 1 aliphatic carbocycles. The Morgan fingerprint density at radius 2 is 2.38 bits per heavy atom. The van der Waals surface area contributed by atoms with Gasteiger partial charge in [0.1, 0.15) is 4.88 Å². The first-order valence-corrected chi connectivity index (χ1v) is 4.82. The van der Waals surface area contributed by atoms with Gasteiger partial charge >= 0.3 is 5.97 Å². The van der Waals surface area contributed by atoms with Crippen molar-refractivity contribution in [2.24, 2.45) is 0 Å². The summed E-state index contributed by atoms with van der Waals surface area (Å²) < 4.78 is 4.91. The lowest BCUT2D eigenvalue weighted by atomic mass is 10.2. The van der Waals surface area contributed by atoms with Crippen molar-refractivity contribution in [2.45, 2.75) is 18.8 Å². The summed E-state index contributed by atoms with van der Waals surface area (Å²) in [7, 11) is 1.50. The van der Waals surface area contributed by atoms with Crippen LogP contribution in [0.4, 0.5) is 0 Å². The van der Waals surface area contributed by atoms with E-state index in [1.807, 2.05) is 0 Å². The fourth-order valence-corrected chi connectivity index (χ4v) is 1.99. The van der Waals surface area contributed by atoms with Crippen molar-refractivity contribution in [3.63, 3.8) is 0 Å². The molecule has 1 aliphatic rings. The first-order chi connectivity index (χ1) is 6.22. The molecule has 13 heavy (non-hydrogen) atoms. The van der Waals surface area contributed by atoms with Crippen molar-refractivity contribution >= 4 is 17.3 Å². The number of methoxy groups -OCH3 is 1. The third-order valence-electron chi connectivity index (χ3n) is 1.97. The second-order valence-electron chi connectivity index (χ2n) is 2.98. The van der Waals surface area contributed by atoms with E-state index in [4.69, 9.17) is 9.84 Å². The van der Waals surface area contributed by atoms with E-state index < -0.39 is 5.97 Å². The van der Waals surface area contributed by atoms with Gasteiger partial charge < -0.3 is 9.84 Å². The summed E-state index contributed by atoms with van der Waals surface area (Å²) in [4.78, 5) is 15.3. The van der Waals surface area contributed by atoms with Gasteiger partial charge in [-0.25, -0.2) is 9.78 Å². The Kier molecular flexibility index (Phi) is 1.95. The van der Waals surface area contributed by atoms with E-state index in [0.717, 1.165) is 24.2 Å². The number of carbonyl (C=O) groups is 1. The SMILES string of the molecule is COc1nc(C2CC2)c(C(=O)O)s1. The topological polar surface area (TPSA) is 59.4 Å². The molecule has 1 N–H and O–H groups in total. The lowest BCUT2D eigenvalue weighted by Gasteiger charge is -1.91. The fourth-order valence-electron chi connectivity index (χ4n) is 1.19. The number of aromatic carboxylic acids is 1. The number of thiazole rings is 1. The van der Waals surface area contributed by atoms with E-state index in [0.29, 0.717) is 21.7 Å². The van der Waals surface area contributed by atoms with Crippen molar-refractivity contribution in [1.82, 2.24) is 4.98 Å². The number of rotatable bonds is 3. The summed E-state index contributed by atoms with van der Waals surface area (Å²) in [5.41, 5.74) is 0.703. The summed E-state index contributed by atoms with van der Waals surface area (Å²) in [6.07, 6.45) is 2.10. The lowest BCUT2D eigenvalue weighted by Crippen LogP contribution is -1.97. The van der Waals surface area contributed by atoms with Crippen molar-refractivity contribution in [1.29, 1.82) is 0 Å². The molecule has 1 heterocycles. The monoisotopic (exact) mass is 199 g/mol. The van der Waals surface area contributed by atoms with Crippen LogP contribution < -0.4 is 4.74 Å². The Bertz CT molecular complexity index is 343. The minimum Gasteiger partial charge on any atom is -0.477 e. The maximum atomic E-state index is 10.8. The molecule has 0 amide bonds. The Balaban J connectivity index is 2.39. The Morgan fingerprint density at radius 1 is 1.69 bits per heavy atom. The Labute approximate surface area is 79.2 Å². The smallest absolute Gasteiger partial charge is 0.347 e. The van der Waals surface area contributed by atoms with E-state index in [2.05, 4.69) is 4.98 Å². The first kappa shape index (κ1) is 8.50. The summed E-state index contributed by atoms with van der Waals surface area (Å²) >= 11 is 1.10. The van der Waals surface area contributed by atoms with E-state index in [1.54, 1.807) is 0 Å². The normalized spacial score (nSPS) is 15.8. The summed E-state index contributed by atoms with van der Waals surface area (Å²) in [6.45, 7) is 0. The molecule has 0 aliphatic heterocycles. The number of nitrogens with zero attached hydrogens (tertiary/aromatic N) is 1. The van der Waals surface area contributed by atoms with Gasteiger partial charge in [-0.05, 0) is 12.8 Å². The molecule has 70 valence electrons. The van der Waals surface area contributed by atoms with Gasteiger partial charge in [0.15, 0.2) is 0 Å². The molecular formula is C8H9NO3S. The standard InChI is InChI=1S/C8H9NO3S/c1-12-8-9-5(4-2-3-4)6(13-8)7(10)11/h4H,2-3H2,1H3,(H,10,11). The average Bonchev–Trinajstić information content (AvgIpc) is 2.84. The molecule has 1 aromatic rings. The molecule has 2 rings (SSSR count). The van der Waals surface area contributed by atoms with Crippen LogP contribution in [0.25, 0.3) is 0 Å². The van der Waals surface area contributed by atoms with Gasteiger partial charge in [0.05, 0.1) is 12.8 Å². The van der Waals surface area contributed by atoms with E-state index in [-0.39, 0.29) is 0 Å². The number of carboxylic acid groups (broad SMARTS) is 1.